The van der Waals surface area contributed by atoms with Crippen LogP contribution in [0.1, 0.15) is 30.8 Å². The molecule has 0 aliphatic heterocycles. The molecule has 6 heteroatoms. The summed E-state index contributed by atoms with van der Waals surface area (Å²) in [7, 11) is 1.73. The minimum absolute atomic E-state index is 0.0233. The molecule has 1 aromatic rings. The molecule has 1 aromatic heterocycles. The fourth-order valence-electron chi connectivity index (χ4n) is 1.70. The normalized spacial score (nSPS) is 10.6. The Balaban J connectivity index is 3.01. The van der Waals surface area contributed by atoms with Gasteiger partial charge in [0.2, 0.25) is 0 Å². The van der Waals surface area contributed by atoms with Crippen LogP contribution in [0.3, 0.4) is 0 Å². The molecule has 0 radical (unpaired) electrons. The van der Waals surface area contributed by atoms with E-state index < -0.39 is 0 Å². The number of hydrogen-bond donors (Lipinski definition) is 2. The Hall–Kier alpha value is -1.33. The first-order chi connectivity index (χ1) is 9.01. The fourth-order valence-corrected chi connectivity index (χ4v) is 1.89. The van der Waals surface area contributed by atoms with E-state index in [-0.39, 0.29) is 24.2 Å². The second-order valence-corrected chi connectivity index (χ2v) is 4.85. The van der Waals surface area contributed by atoms with Gasteiger partial charge in [0.25, 0.3) is 5.91 Å². The number of carbonyl (C=O) groups is 1. The number of rotatable bonds is 6. The number of aliphatic hydroxyl groups is 1. The van der Waals surface area contributed by atoms with Gasteiger partial charge in [-0.3, -0.25) is 4.79 Å². The van der Waals surface area contributed by atoms with E-state index in [1.807, 2.05) is 13.8 Å². The Morgan fingerprint density at radius 1 is 1.53 bits per heavy atom. The third-order valence-corrected chi connectivity index (χ3v) is 3.05. The van der Waals surface area contributed by atoms with Crippen LogP contribution in [0.4, 0.5) is 5.82 Å². The van der Waals surface area contributed by atoms with Crippen LogP contribution in [0.15, 0.2) is 12.1 Å². The Kier molecular flexibility index (Phi) is 6.05. The summed E-state index contributed by atoms with van der Waals surface area (Å²) in [6.45, 7) is 4.37. The highest BCUT2D eigenvalue weighted by Gasteiger charge is 2.22. The van der Waals surface area contributed by atoms with Crippen molar-refractivity contribution in [2.45, 2.75) is 26.3 Å². The molecule has 5 nitrogen and oxygen atoms in total. The van der Waals surface area contributed by atoms with Crippen LogP contribution < -0.4 is 5.32 Å². The number of pyridine rings is 1. The van der Waals surface area contributed by atoms with Gasteiger partial charge in [-0.05, 0) is 32.4 Å². The van der Waals surface area contributed by atoms with Gasteiger partial charge in [-0.25, -0.2) is 4.98 Å². The second kappa shape index (κ2) is 7.31. The van der Waals surface area contributed by atoms with Crippen molar-refractivity contribution in [2.24, 2.45) is 0 Å². The molecule has 0 atom stereocenters. The first kappa shape index (κ1) is 15.7. The van der Waals surface area contributed by atoms with Gasteiger partial charge in [0.1, 0.15) is 11.5 Å². The summed E-state index contributed by atoms with van der Waals surface area (Å²) in [6, 6.07) is 3.39. The SMILES string of the molecule is CNc1ccc(Cl)c(C(=O)N(CCCO)C(C)C)n1. The number of carbonyl (C=O) groups excluding carboxylic acids is 1. The van der Waals surface area contributed by atoms with Gasteiger partial charge in [0, 0.05) is 26.2 Å². The van der Waals surface area contributed by atoms with Crippen LogP contribution in [-0.4, -0.2) is 47.1 Å². The van der Waals surface area contributed by atoms with Crippen molar-refractivity contribution < 1.29 is 9.90 Å². The molecule has 0 unspecified atom stereocenters. The second-order valence-electron chi connectivity index (χ2n) is 4.45. The lowest BCUT2D eigenvalue weighted by Gasteiger charge is -2.26. The predicted octanol–water partition coefficient (Wildman–Crippen LogP) is 2.01. The Morgan fingerprint density at radius 3 is 2.74 bits per heavy atom. The fraction of sp³-hybridized carbons (Fsp3) is 0.538. The first-order valence-corrected chi connectivity index (χ1v) is 6.65. The van der Waals surface area contributed by atoms with Crippen molar-refractivity contribution in [1.82, 2.24) is 9.88 Å². The monoisotopic (exact) mass is 285 g/mol. The lowest BCUT2D eigenvalue weighted by Crippen LogP contribution is -2.38. The number of anilines is 1. The van der Waals surface area contributed by atoms with Crippen molar-refractivity contribution in [3.05, 3.63) is 22.8 Å². The summed E-state index contributed by atoms with van der Waals surface area (Å²) >= 11 is 6.04. The number of aromatic nitrogens is 1. The van der Waals surface area contributed by atoms with Gasteiger partial charge in [0.05, 0.1) is 5.02 Å². The zero-order valence-corrected chi connectivity index (χ0v) is 12.2. The minimum atomic E-state index is -0.217. The highest BCUT2D eigenvalue weighted by atomic mass is 35.5. The molecule has 106 valence electrons. The number of hydrogen-bond acceptors (Lipinski definition) is 4. The molecule has 0 saturated carbocycles. The van der Waals surface area contributed by atoms with E-state index in [0.29, 0.717) is 23.8 Å². The maximum atomic E-state index is 12.5. The summed E-state index contributed by atoms with van der Waals surface area (Å²) in [5, 5.41) is 12.1. The number of nitrogens with zero attached hydrogens (tertiary/aromatic N) is 2. The third kappa shape index (κ3) is 4.08. The van der Waals surface area contributed by atoms with E-state index in [1.54, 1.807) is 24.1 Å². The summed E-state index contributed by atoms with van der Waals surface area (Å²) in [4.78, 5) is 18.3. The smallest absolute Gasteiger partial charge is 0.274 e. The maximum Gasteiger partial charge on any atom is 0.274 e. The van der Waals surface area contributed by atoms with Crippen molar-refractivity contribution in [3.63, 3.8) is 0 Å². The number of nitrogens with one attached hydrogen (secondary N) is 1. The molecule has 1 amide bonds. The molecule has 0 fully saturated rings. The molecule has 1 heterocycles. The number of halogens is 1. The zero-order chi connectivity index (χ0) is 14.4. The van der Waals surface area contributed by atoms with Crippen molar-refractivity contribution in [3.8, 4) is 0 Å². The minimum Gasteiger partial charge on any atom is -0.396 e. The summed E-state index contributed by atoms with van der Waals surface area (Å²) in [5.41, 5.74) is 0.236. The summed E-state index contributed by atoms with van der Waals surface area (Å²) in [5.74, 6) is 0.379. The Labute approximate surface area is 118 Å². The van der Waals surface area contributed by atoms with E-state index in [2.05, 4.69) is 10.3 Å². The van der Waals surface area contributed by atoms with E-state index in [1.165, 1.54) is 0 Å². The molecule has 1 rings (SSSR count). The highest BCUT2D eigenvalue weighted by molar-refractivity contribution is 6.33. The van der Waals surface area contributed by atoms with Gasteiger partial charge in [-0.2, -0.15) is 0 Å². The van der Waals surface area contributed by atoms with Gasteiger partial charge >= 0.3 is 0 Å². The lowest BCUT2D eigenvalue weighted by molar-refractivity contribution is 0.0687. The quantitative estimate of drug-likeness (QED) is 0.839. The molecular weight excluding hydrogens is 266 g/mol. The summed E-state index contributed by atoms with van der Waals surface area (Å²) in [6.07, 6.45) is 0.535. The molecule has 0 bridgehead atoms. The molecule has 19 heavy (non-hydrogen) atoms. The lowest BCUT2D eigenvalue weighted by atomic mass is 10.2. The average Bonchev–Trinajstić information content (AvgIpc) is 2.39. The molecule has 0 aromatic carbocycles. The average molecular weight is 286 g/mol. The van der Waals surface area contributed by atoms with Gasteiger partial charge in [-0.15, -0.1) is 0 Å². The Bertz CT molecular complexity index is 438. The Morgan fingerprint density at radius 2 is 2.21 bits per heavy atom. The van der Waals surface area contributed by atoms with Crippen LogP contribution in [-0.2, 0) is 0 Å². The van der Waals surface area contributed by atoms with Gasteiger partial charge in [0.15, 0.2) is 0 Å². The number of amides is 1. The van der Waals surface area contributed by atoms with Gasteiger partial charge < -0.3 is 15.3 Å². The van der Waals surface area contributed by atoms with E-state index >= 15 is 0 Å². The van der Waals surface area contributed by atoms with Crippen LogP contribution in [0, 0.1) is 0 Å². The molecule has 0 aliphatic rings. The van der Waals surface area contributed by atoms with Gasteiger partial charge in [-0.1, -0.05) is 11.6 Å². The predicted molar refractivity (Wildman–Crippen MR) is 76.7 cm³/mol. The molecule has 0 saturated heterocycles. The van der Waals surface area contributed by atoms with E-state index in [0.717, 1.165) is 0 Å². The largest absolute Gasteiger partial charge is 0.396 e. The molecule has 2 N–H and O–H groups in total. The maximum absolute atomic E-state index is 12.5. The zero-order valence-electron chi connectivity index (χ0n) is 11.5. The van der Waals surface area contributed by atoms with E-state index in [4.69, 9.17) is 16.7 Å². The van der Waals surface area contributed by atoms with Crippen molar-refractivity contribution in [2.75, 3.05) is 25.5 Å². The standard InChI is InChI=1S/C13H20ClN3O2/c1-9(2)17(7-4-8-18)13(19)12-10(14)5-6-11(15-3)16-12/h5-6,9,18H,4,7-8H2,1-3H3,(H,15,16). The molecule has 0 aliphatic carbocycles. The van der Waals surface area contributed by atoms with Crippen LogP contribution in [0.5, 0.6) is 0 Å². The molecule has 0 spiro atoms. The highest BCUT2D eigenvalue weighted by Crippen LogP contribution is 2.19. The van der Waals surface area contributed by atoms with Crippen molar-refractivity contribution >= 4 is 23.3 Å². The van der Waals surface area contributed by atoms with Crippen LogP contribution in [0.2, 0.25) is 5.02 Å². The topological polar surface area (TPSA) is 65.5 Å². The van der Waals surface area contributed by atoms with Crippen LogP contribution in [0.25, 0.3) is 0 Å². The molecular formula is C13H20ClN3O2. The van der Waals surface area contributed by atoms with Crippen LogP contribution >= 0.6 is 11.6 Å². The number of aliphatic hydroxyl groups excluding tert-OH is 1. The van der Waals surface area contributed by atoms with E-state index in [9.17, 15) is 4.79 Å². The third-order valence-electron chi connectivity index (χ3n) is 2.75. The van der Waals surface area contributed by atoms with Crippen molar-refractivity contribution in [1.29, 1.82) is 0 Å². The summed E-state index contributed by atoms with van der Waals surface area (Å²) < 4.78 is 0. The first-order valence-electron chi connectivity index (χ1n) is 6.27.